The summed E-state index contributed by atoms with van der Waals surface area (Å²) in [5.74, 6) is 0.669. The number of benzene rings is 1. The third kappa shape index (κ3) is 2.66. The van der Waals surface area contributed by atoms with Crippen LogP contribution in [0.1, 0.15) is 30.4 Å². The maximum atomic E-state index is 13.5. The highest BCUT2D eigenvalue weighted by molar-refractivity contribution is 5.56. The van der Waals surface area contributed by atoms with Crippen molar-refractivity contribution in [2.45, 2.75) is 33.1 Å². The summed E-state index contributed by atoms with van der Waals surface area (Å²) in [6.07, 6.45) is 3.54. The smallest absolute Gasteiger partial charge is 0.126 e. The van der Waals surface area contributed by atoms with Crippen molar-refractivity contribution in [2.75, 3.05) is 24.5 Å². The molecule has 100 valence electrons. The summed E-state index contributed by atoms with van der Waals surface area (Å²) in [7, 11) is 0. The SMILES string of the molecule is Cc1c(F)ccc(N2CCC(CCN)CC2)c1C. The van der Waals surface area contributed by atoms with Crippen LogP contribution in [0.2, 0.25) is 0 Å². The molecule has 1 heterocycles. The van der Waals surface area contributed by atoms with Gasteiger partial charge >= 0.3 is 0 Å². The van der Waals surface area contributed by atoms with Gasteiger partial charge in [-0.1, -0.05) is 0 Å². The number of hydrogen-bond donors (Lipinski definition) is 1. The molecule has 1 fully saturated rings. The van der Waals surface area contributed by atoms with Gasteiger partial charge in [-0.2, -0.15) is 0 Å². The van der Waals surface area contributed by atoms with E-state index >= 15 is 0 Å². The zero-order chi connectivity index (χ0) is 13.1. The van der Waals surface area contributed by atoms with Crippen LogP contribution < -0.4 is 10.6 Å². The molecule has 0 unspecified atom stereocenters. The Kier molecular flexibility index (Phi) is 4.23. The third-order valence-corrected chi connectivity index (χ3v) is 4.22. The maximum Gasteiger partial charge on any atom is 0.126 e. The lowest BCUT2D eigenvalue weighted by atomic mass is 9.92. The molecule has 3 heteroatoms. The zero-order valence-corrected chi connectivity index (χ0v) is 11.4. The Morgan fingerprint density at radius 1 is 1.22 bits per heavy atom. The standard InChI is InChI=1S/C15H23FN2/c1-11-12(2)15(4-3-14(11)16)18-9-6-13(5-8-17)7-10-18/h3-4,13H,5-10,17H2,1-2H3. The molecule has 0 amide bonds. The lowest BCUT2D eigenvalue weighted by Crippen LogP contribution is -2.34. The molecule has 0 radical (unpaired) electrons. The summed E-state index contributed by atoms with van der Waals surface area (Å²) in [6, 6.07) is 3.50. The number of nitrogens with two attached hydrogens (primary N) is 1. The van der Waals surface area contributed by atoms with Crippen LogP contribution in [0.4, 0.5) is 10.1 Å². The fourth-order valence-corrected chi connectivity index (χ4v) is 2.81. The van der Waals surface area contributed by atoms with E-state index in [0.717, 1.165) is 43.1 Å². The first kappa shape index (κ1) is 13.3. The lowest BCUT2D eigenvalue weighted by Gasteiger charge is -2.34. The molecule has 1 aliphatic heterocycles. The van der Waals surface area contributed by atoms with Gasteiger partial charge in [0.1, 0.15) is 5.82 Å². The predicted molar refractivity (Wildman–Crippen MR) is 74.5 cm³/mol. The molecule has 1 saturated heterocycles. The average Bonchev–Trinajstić information content (AvgIpc) is 2.38. The summed E-state index contributed by atoms with van der Waals surface area (Å²) in [6.45, 7) is 6.79. The molecule has 0 spiro atoms. The normalized spacial score (nSPS) is 17.2. The van der Waals surface area contributed by atoms with Gasteiger partial charge in [-0.3, -0.25) is 0 Å². The molecule has 1 aliphatic rings. The molecule has 2 rings (SSSR count). The fourth-order valence-electron chi connectivity index (χ4n) is 2.81. The van der Waals surface area contributed by atoms with Crippen LogP contribution in [0, 0.1) is 25.6 Å². The van der Waals surface area contributed by atoms with Crippen molar-refractivity contribution < 1.29 is 4.39 Å². The van der Waals surface area contributed by atoms with Crippen molar-refractivity contribution >= 4 is 5.69 Å². The molecule has 0 aromatic heterocycles. The predicted octanol–water partition coefficient (Wildman–Crippen LogP) is 3.01. The Labute approximate surface area is 109 Å². The van der Waals surface area contributed by atoms with E-state index in [9.17, 15) is 4.39 Å². The van der Waals surface area contributed by atoms with Gasteiger partial charge in [-0.15, -0.1) is 0 Å². The van der Waals surface area contributed by atoms with E-state index in [-0.39, 0.29) is 5.82 Å². The lowest BCUT2D eigenvalue weighted by molar-refractivity contribution is 0.386. The Hall–Kier alpha value is -1.09. The van der Waals surface area contributed by atoms with Crippen LogP contribution in [0.15, 0.2) is 12.1 Å². The fraction of sp³-hybridized carbons (Fsp3) is 0.600. The monoisotopic (exact) mass is 250 g/mol. The van der Waals surface area contributed by atoms with Gasteiger partial charge in [0.25, 0.3) is 0 Å². The molecule has 1 aromatic carbocycles. The van der Waals surface area contributed by atoms with Crippen molar-refractivity contribution in [3.63, 3.8) is 0 Å². The van der Waals surface area contributed by atoms with Gasteiger partial charge in [-0.05, 0) is 68.8 Å². The van der Waals surface area contributed by atoms with Crippen molar-refractivity contribution in [3.8, 4) is 0 Å². The van der Waals surface area contributed by atoms with E-state index in [1.807, 2.05) is 19.9 Å². The van der Waals surface area contributed by atoms with Gasteiger partial charge in [0.2, 0.25) is 0 Å². The van der Waals surface area contributed by atoms with E-state index in [1.54, 1.807) is 6.07 Å². The first-order chi connectivity index (χ1) is 8.63. The first-order valence-corrected chi connectivity index (χ1v) is 6.84. The Morgan fingerprint density at radius 3 is 2.50 bits per heavy atom. The highest BCUT2D eigenvalue weighted by Crippen LogP contribution is 2.29. The molecule has 18 heavy (non-hydrogen) atoms. The summed E-state index contributed by atoms with van der Waals surface area (Å²) >= 11 is 0. The number of hydrogen-bond acceptors (Lipinski definition) is 2. The van der Waals surface area contributed by atoms with Gasteiger partial charge in [0.05, 0.1) is 0 Å². The minimum absolute atomic E-state index is 0.103. The van der Waals surface area contributed by atoms with E-state index in [0.29, 0.717) is 0 Å². The van der Waals surface area contributed by atoms with Gasteiger partial charge in [-0.25, -0.2) is 4.39 Å². The second kappa shape index (κ2) is 5.70. The Morgan fingerprint density at radius 2 is 1.89 bits per heavy atom. The average molecular weight is 250 g/mol. The molecular weight excluding hydrogens is 227 g/mol. The molecule has 0 saturated carbocycles. The van der Waals surface area contributed by atoms with E-state index in [2.05, 4.69) is 4.90 Å². The Balaban J connectivity index is 2.08. The van der Waals surface area contributed by atoms with Crippen LogP contribution in [0.3, 0.4) is 0 Å². The Bertz CT molecular complexity index is 409. The van der Waals surface area contributed by atoms with Crippen LogP contribution in [0.25, 0.3) is 0 Å². The highest BCUT2D eigenvalue weighted by atomic mass is 19.1. The van der Waals surface area contributed by atoms with Crippen LogP contribution >= 0.6 is 0 Å². The topological polar surface area (TPSA) is 29.3 Å². The molecule has 2 N–H and O–H groups in total. The van der Waals surface area contributed by atoms with Crippen molar-refractivity contribution in [3.05, 3.63) is 29.1 Å². The largest absolute Gasteiger partial charge is 0.371 e. The zero-order valence-electron chi connectivity index (χ0n) is 11.4. The van der Waals surface area contributed by atoms with Gasteiger partial charge < -0.3 is 10.6 Å². The number of piperidine rings is 1. The molecule has 0 bridgehead atoms. The highest BCUT2D eigenvalue weighted by Gasteiger charge is 2.20. The summed E-state index contributed by atoms with van der Waals surface area (Å²) in [4.78, 5) is 2.38. The van der Waals surface area contributed by atoms with Crippen LogP contribution in [0.5, 0.6) is 0 Å². The van der Waals surface area contributed by atoms with E-state index < -0.39 is 0 Å². The summed E-state index contributed by atoms with van der Waals surface area (Å²) in [5.41, 5.74) is 8.66. The van der Waals surface area contributed by atoms with Crippen LogP contribution in [-0.2, 0) is 0 Å². The van der Waals surface area contributed by atoms with Crippen molar-refractivity contribution in [2.24, 2.45) is 11.7 Å². The molecular formula is C15H23FN2. The summed E-state index contributed by atoms with van der Waals surface area (Å²) in [5, 5.41) is 0. The number of rotatable bonds is 3. The number of halogens is 1. The van der Waals surface area contributed by atoms with Crippen LogP contribution in [-0.4, -0.2) is 19.6 Å². The third-order valence-electron chi connectivity index (χ3n) is 4.22. The molecule has 0 atom stereocenters. The van der Waals surface area contributed by atoms with E-state index in [1.165, 1.54) is 18.5 Å². The second-order valence-corrected chi connectivity index (χ2v) is 5.32. The number of nitrogens with zero attached hydrogens (tertiary/aromatic N) is 1. The van der Waals surface area contributed by atoms with Gasteiger partial charge in [0.15, 0.2) is 0 Å². The minimum atomic E-state index is -0.103. The molecule has 1 aromatic rings. The minimum Gasteiger partial charge on any atom is -0.371 e. The van der Waals surface area contributed by atoms with Gasteiger partial charge in [0, 0.05) is 18.8 Å². The van der Waals surface area contributed by atoms with Crippen molar-refractivity contribution in [1.29, 1.82) is 0 Å². The molecule has 0 aliphatic carbocycles. The number of anilines is 1. The van der Waals surface area contributed by atoms with Crippen molar-refractivity contribution in [1.82, 2.24) is 0 Å². The molecule has 2 nitrogen and oxygen atoms in total. The summed E-state index contributed by atoms with van der Waals surface area (Å²) < 4.78 is 13.5. The maximum absolute atomic E-state index is 13.5. The second-order valence-electron chi connectivity index (χ2n) is 5.32. The first-order valence-electron chi connectivity index (χ1n) is 6.84. The quantitative estimate of drug-likeness (QED) is 0.893. The van der Waals surface area contributed by atoms with E-state index in [4.69, 9.17) is 5.73 Å².